The fraction of sp³-hybridized carbons (Fsp3) is 0.0833. The van der Waals surface area contributed by atoms with E-state index in [-0.39, 0.29) is 18.1 Å². The first-order chi connectivity index (χ1) is 9.58. The lowest BCUT2D eigenvalue weighted by molar-refractivity contribution is -0.389. The third-order valence-electron chi connectivity index (χ3n) is 2.61. The average Bonchev–Trinajstić information content (AvgIpc) is 2.45. The van der Waals surface area contributed by atoms with Crippen molar-refractivity contribution < 1.29 is 9.85 Å². The van der Waals surface area contributed by atoms with Crippen LogP contribution in [0.2, 0.25) is 0 Å². The molecular formula is C12H10N4O4. The molecule has 0 unspecified atom stereocenters. The Kier molecular flexibility index (Phi) is 3.85. The van der Waals surface area contributed by atoms with E-state index in [9.17, 15) is 20.2 Å². The number of rotatable bonds is 5. The van der Waals surface area contributed by atoms with Gasteiger partial charge in [-0.05, 0) is 16.0 Å². The predicted octanol–water partition coefficient (Wildman–Crippen LogP) is 2.51. The number of hydrogen-bond acceptors (Lipinski definition) is 6. The summed E-state index contributed by atoms with van der Waals surface area (Å²) >= 11 is 0. The van der Waals surface area contributed by atoms with Gasteiger partial charge in [0.15, 0.2) is 6.20 Å². The van der Waals surface area contributed by atoms with E-state index in [0.29, 0.717) is 11.3 Å². The van der Waals surface area contributed by atoms with E-state index in [4.69, 9.17) is 0 Å². The summed E-state index contributed by atoms with van der Waals surface area (Å²) in [5.74, 6) is -0.249. The second kappa shape index (κ2) is 5.74. The third kappa shape index (κ3) is 3.05. The topological polar surface area (TPSA) is 111 Å². The van der Waals surface area contributed by atoms with Crippen LogP contribution in [0.5, 0.6) is 0 Å². The largest absolute Gasteiger partial charge is 0.378 e. The molecular weight excluding hydrogens is 264 g/mol. The van der Waals surface area contributed by atoms with Crippen molar-refractivity contribution in [3.05, 3.63) is 68.4 Å². The minimum Gasteiger partial charge on any atom is -0.378 e. The second-order valence-corrected chi connectivity index (χ2v) is 3.90. The van der Waals surface area contributed by atoms with E-state index < -0.39 is 9.85 Å². The monoisotopic (exact) mass is 274 g/mol. The highest BCUT2D eigenvalue weighted by molar-refractivity contribution is 5.47. The number of nitrogens with one attached hydrogen (secondary N) is 1. The first-order valence-corrected chi connectivity index (χ1v) is 5.64. The summed E-state index contributed by atoms with van der Waals surface area (Å²) in [6.45, 7) is 0.233. The highest BCUT2D eigenvalue weighted by Gasteiger charge is 2.12. The van der Waals surface area contributed by atoms with Gasteiger partial charge in [0, 0.05) is 24.2 Å². The number of nitro benzene ring substituents is 1. The normalized spacial score (nSPS) is 10.0. The first-order valence-electron chi connectivity index (χ1n) is 5.64. The lowest BCUT2D eigenvalue weighted by Crippen LogP contribution is -2.03. The van der Waals surface area contributed by atoms with E-state index in [1.807, 2.05) is 0 Å². The first kappa shape index (κ1) is 13.4. The highest BCUT2D eigenvalue weighted by Crippen LogP contribution is 2.19. The van der Waals surface area contributed by atoms with Gasteiger partial charge >= 0.3 is 5.82 Å². The van der Waals surface area contributed by atoms with Crippen molar-refractivity contribution >= 4 is 17.2 Å². The van der Waals surface area contributed by atoms with Crippen molar-refractivity contribution in [2.75, 3.05) is 5.32 Å². The third-order valence-corrected chi connectivity index (χ3v) is 2.61. The Hall–Kier alpha value is -3.03. The SMILES string of the molecule is O=[N+]([O-])c1ccc(NCc2ccccc2[N+](=O)[O-])cn1. The van der Waals surface area contributed by atoms with Crippen LogP contribution in [-0.4, -0.2) is 14.8 Å². The second-order valence-electron chi connectivity index (χ2n) is 3.90. The van der Waals surface area contributed by atoms with Crippen LogP contribution in [0.3, 0.4) is 0 Å². The van der Waals surface area contributed by atoms with Crippen LogP contribution < -0.4 is 5.32 Å². The molecule has 0 fully saturated rings. The summed E-state index contributed by atoms with van der Waals surface area (Å²) in [6.07, 6.45) is 1.31. The minimum atomic E-state index is -0.591. The van der Waals surface area contributed by atoms with Gasteiger partial charge in [-0.2, -0.15) is 0 Å². The molecule has 0 aliphatic heterocycles. The van der Waals surface area contributed by atoms with Crippen LogP contribution in [0, 0.1) is 20.2 Å². The zero-order valence-corrected chi connectivity index (χ0v) is 10.2. The zero-order valence-electron chi connectivity index (χ0n) is 10.2. The maximum Gasteiger partial charge on any atom is 0.363 e. The molecule has 1 heterocycles. The van der Waals surface area contributed by atoms with Gasteiger partial charge < -0.3 is 15.4 Å². The summed E-state index contributed by atoms with van der Waals surface area (Å²) in [7, 11) is 0. The molecule has 20 heavy (non-hydrogen) atoms. The molecule has 0 amide bonds. The standard InChI is InChI=1S/C12H10N4O4/c17-15(18)11-4-2-1-3-9(11)7-13-10-5-6-12(14-8-10)16(19)20/h1-6,8,13H,7H2. The predicted molar refractivity (Wildman–Crippen MR) is 71.3 cm³/mol. The van der Waals surface area contributed by atoms with Crippen LogP contribution in [-0.2, 0) is 6.54 Å². The van der Waals surface area contributed by atoms with E-state index >= 15 is 0 Å². The molecule has 0 atom stereocenters. The summed E-state index contributed by atoms with van der Waals surface area (Å²) in [5, 5.41) is 24.2. The number of nitro groups is 2. The minimum absolute atomic E-state index is 0.0230. The maximum atomic E-state index is 10.8. The van der Waals surface area contributed by atoms with Crippen LogP contribution in [0.4, 0.5) is 17.2 Å². The molecule has 102 valence electrons. The molecule has 1 N–H and O–H groups in total. The van der Waals surface area contributed by atoms with E-state index in [1.54, 1.807) is 18.2 Å². The smallest absolute Gasteiger partial charge is 0.363 e. The molecule has 1 aromatic heterocycles. The van der Waals surface area contributed by atoms with Crippen molar-refractivity contribution in [3.63, 3.8) is 0 Å². The molecule has 8 heteroatoms. The summed E-state index contributed by atoms with van der Waals surface area (Å²) in [6, 6.07) is 9.13. The maximum absolute atomic E-state index is 10.8. The summed E-state index contributed by atoms with van der Waals surface area (Å²) in [5.41, 5.74) is 1.10. The number of hydrogen-bond donors (Lipinski definition) is 1. The molecule has 0 aliphatic rings. The van der Waals surface area contributed by atoms with Gasteiger partial charge in [-0.3, -0.25) is 10.1 Å². The number of para-hydroxylation sites is 1. The Morgan fingerprint density at radius 2 is 1.80 bits per heavy atom. The molecule has 1 aromatic carbocycles. The Morgan fingerprint density at radius 1 is 1.05 bits per heavy atom. The molecule has 0 spiro atoms. The van der Waals surface area contributed by atoms with Crippen LogP contribution in [0.1, 0.15) is 5.56 Å². The van der Waals surface area contributed by atoms with E-state index in [2.05, 4.69) is 10.3 Å². The van der Waals surface area contributed by atoms with Crippen LogP contribution in [0.25, 0.3) is 0 Å². The van der Waals surface area contributed by atoms with Gasteiger partial charge in [-0.1, -0.05) is 18.2 Å². The number of benzene rings is 1. The van der Waals surface area contributed by atoms with Crippen LogP contribution >= 0.6 is 0 Å². The lowest BCUT2D eigenvalue weighted by atomic mass is 10.2. The van der Waals surface area contributed by atoms with Crippen molar-refractivity contribution in [3.8, 4) is 0 Å². The number of nitrogens with zero attached hydrogens (tertiary/aromatic N) is 3. The highest BCUT2D eigenvalue weighted by atomic mass is 16.6. The molecule has 2 rings (SSSR count). The van der Waals surface area contributed by atoms with Crippen molar-refractivity contribution in [2.24, 2.45) is 0 Å². The molecule has 0 radical (unpaired) electrons. The fourth-order valence-electron chi connectivity index (χ4n) is 1.63. The summed E-state index contributed by atoms with van der Waals surface area (Å²) < 4.78 is 0. The van der Waals surface area contributed by atoms with Gasteiger partial charge in [0.25, 0.3) is 5.69 Å². The van der Waals surface area contributed by atoms with E-state index in [0.717, 1.165) is 0 Å². The molecule has 2 aromatic rings. The summed E-state index contributed by atoms with van der Waals surface area (Å²) in [4.78, 5) is 23.9. The number of pyridine rings is 1. The average molecular weight is 274 g/mol. The molecule has 8 nitrogen and oxygen atoms in total. The van der Waals surface area contributed by atoms with Crippen LogP contribution in [0.15, 0.2) is 42.6 Å². The van der Waals surface area contributed by atoms with Gasteiger partial charge in [0.2, 0.25) is 0 Å². The molecule has 0 bridgehead atoms. The Balaban J connectivity index is 2.09. The Morgan fingerprint density at radius 3 is 2.40 bits per heavy atom. The Bertz CT molecular complexity index is 642. The quantitative estimate of drug-likeness (QED) is 0.662. The van der Waals surface area contributed by atoms with Gasteiger partial charge in [-0.15, -0.1) is 0 Å². The van der Waals surface area contributed by atoms with Gasteiger partial charge in [0.1, 0.15) is 0 Å². The van der Waals surface area contributed by atoms with E-state index in [1.165, 1.54) is 24.4 Å². The molecule has 0 aliphatic carbocycles. The molecule has 0 saturated heterocycles. The van der Waals surface area contributed by atoms with Crippen molar-refractivity contribution in [1.82, 2.24) is 4.98 Å². The van der Waals surface area contributed by atoms with Gasteiger partial charge in [0.05, 0.1) is 10.6 Å². The number of aromatic nitrogens is 1. The van der Waals surface area contributed by atoms with Crippen molar-refractivity contribution in [1.29, 1.82) is 0 Å². The van der Waals surface area contributed by atoms with Crippen molar-refractivity contribution in [2.45, 2.75) is 6.54 Å². The zero-order chi connectivity index (χ0) is 14.5. The lowest BCUT2D eigenvalue weighted by Gasteiger charge is -2.05. The number of anilines is 1. The fourth-order valence-corrected chi connectivity index (χ4v) is 1.63. The Labute approximate surface area is 113 Å². The van der Waals surface area contributed by atoms with Gasteiger partial charge in [-0.25, -0.2) is 0 Å². The molecule has 0 saturated carbocycles.